The number of hydroxylamine groups is 1. The summed E-state index contributed by atoms with van der Waals surface area (Å²) < 4.78 is 0. The predicted octanol–water partition coefficient (Wildman–Crippen LogP) is 0.488. The largest absolute Gasteiger partial charge is 0.399 e. The van der Waals surface area contributed by atoms with Crippen LogP contribution in [0.25, 0.3) is 0 Å². The zero-order valence-corrected chi connectivity index (χ0v) is 6.40. The SMILES string of the molecule is Nc1ccc(C(C=O)NO)cc1. The van der Waals surface area contributed by atoms with Crippen molar-refractivity contribution in [2.75, 3.05) is 5.73 Å². The van der Waals surface area contributed by atoms with Gasteiger partial charge in [-0.1, -0.05) is 12.1 Å². The maximum Gasteiger partial charge on any atom is 0.143 e. The highest BCUT2D eigenvalue weighted by atomic mass is 16.5. The fourth-order valence-corrected chi connectivity index (χ4v) is 0.887. The van der Waals surface area contributed by atoms with Crippen LogP contribution >= 0.6 is 0 Å². The van der Waals surface area contributed by atoms with E-state index in [1.165, 1.54) is 0 Å². The molecule has 1 aromatic carbocycles. The molecule has 1 atom stereocenters. The Balaban J connectivity index is 2.87. The summed E-state index contributed by atoms with van der Waals surface area (Å²) in [7, 11) is 0. The molecule has 0 spiro atoms. The van der Waals surface area contributed by atoms with Gasteiger partial charge in [-0.25, -0.2) is 0 Å². The number of rotatable bonds is 3. The van der Waals surface area contributed by atoms with Crippen molar-refractivity contribution in [3.8, 4) is 0 Å². The van der Waals surface area contributed by atoms with Gasteiger partial charge in [-0.05, 0) is 17.7 Å². The van der Waals surface area contributed by atoms with Gasteiger partial charge in [0, 0.05) is 5.69 Å². The van der Waals surface area contributed by atoms with E-state index in [9.17, 15) is 4.79 Å². The van der Waals surface area contributed by atoms with Crippen LogP contribution in [0, 0.1) is 0 Å². The summed E-state index contributed by atoms with van der Waals surface area (Å²) in [6.45, 7) is 0. The molecule has 0 heterocycles. The van der Waals surface area contributed by atoms with Gasteiger partial charge in [-0.15, -0.1) is 0 Å². The summed E-state index contributed by atoms with van der Waals surface area (Å²) >= 11 is 0. The number of nitrogen functional groups attached to an aromatic ring is 1. The smallest absolute Gasteiger partial charge is 0.143 e. The maximum absolute atomic E-state index is 10.4. The lowest BCUT2D eigenvalue weighted by Gasteiger charge is -2.07. The molecule has 0 aliphatic rings. The van der Waals surface area contributed by atoms with Gasteiger partial charge in [0.1, 0.15) is 12.3 Å². The zero-order chi connectivity index (χ0) is 8.97. The molecule has 0 radical (unpaired) electrons. The van der Waals surface area contributed by atoms with Crippen LogP contribution in [0.2, 0.25) is 0 Å². The lowest BCUT2D eigenvalue weighted by atomic mass is 10.1. The third kappa shape index (κ3) is 1.81. The number of anilines is 1. The highest BCUT2D eigenvalue weighted by Gasteiger charge is 2.06. The third-order valence-corrected chi connectivity index (χ3v) is 1.57. The Labute approximate surface area is 70.0 Å². The highest BCUT2D eigenvalue weighted by molar-refractivity contribution is 5.61. The Kier molecular flexibility index (Phi) is 2.79. The van der Waals surface area contributed by atoms with Crippen LogP contribution in [-0.2, 0) is 4.79 Å². The van der Waals surface area contributed by atoms with Crippen LogP contribution in [0.1, 0.15) is 11.6 Å². The Bertz CT molecular complexity index is 258. The number of aldehydes is 1. The van der Waals surface area contributed by atoms with Gasteiger partial charge in [0.25, 0.3) is 0 Å². The molecule has 1 rings (SSSR count). The highest BCUT2D eigenvalue weighted by Crippen LogP contribution is 2.11. The fraction of sp³-hybridized carbons (Fsp3) is 0.125. The molecule has 0 aliphatic carbocycles. The summed E-state index contributed by atoms with van der Waals surface area (Å²) in [6.07, 6.45) is 0.617. The third-order valence-electron chi connectivity index (χ3n) is 1.57. The molecule has 4 N–H and O–H groups in total. The summed E-state index contributed by atoms with van der Waals surface area (Å²) in [6, 6.07) is 6.02. The molecule has 0 fully saturated rings. The molecule has 1 unspecified atom stereocenters. The molecule has 0 saturated carbocycles. The van der Waals surface area contributed by atoms with Gasteiger partial charge in [0.05, 0.1) is 0 Å². The monoisotopic (exact) mass is 166 g/mol. The molecule has 64 valence electrons. The van der Waals surface area contributed by atoms with Gasteiger partial charge in [0.2, 0.25) is 0 Å². The van der Waals surface area contributed by atoms with Gasteiger partial charge in [-0.2, -0.15) is 5.48 Å². The van der Waals surface area contributed by atoms with Crippen molar-refractivity contribution >= 4 is 12.0 Å². The van der Waals surface area contributed by atoms with E-state index in [0.717, 1.165) is 0 Å². The molecular formula is C8H10N2O2. The topological polar surface area (TPSA) is 75.4 Å². The van der Waals surface area contributed by atoms with Crippen LogP contribution < -0.4 is 11.2 Å². The second-order valence-corrected chi connectivity index (χ2v) is 2.41. The van der Waals surface area contributed by atoms with E-state index in [2.05, 4.69) is 0 Å². The van der Waals surface area contributed by atoms with E-state index in [1.807, 2.05) is 5.48 Å². The molecule has 0 saturated heterocycles. The number of hydrogen-bond acceptors (Lipinski definition) is 4. The first-order chi connectivity index (χ1) is 5.77. The van der Waals surface area contributed by atoms with Crippen LogP contribution in [0.4, 0.5) is 5.69 Å². The fourth-order valence-electron chi connectivity index (χ4n) is 0.887. The van der Waals surface area contributed by atoms with Crippen LogP contribution in [0.5, 0.6) is 0 Å². The summed E-state index contributed by atoms with van der Waals surface area (Å²) in [4.78, 5) is 10.4. The van der Waals surface area contributed by atoms with E-state index in [1.54, 1.807) is 24.3 Å². The van der Waals surface area contributed by atoms with E-state index >= 15 is 0 Å². The van der Waals surface area contributed by atoms with Crippen LogP contribution in [0.15, 0.2) is 24.3 Å². The molecular weight excluding hydrogens is 156 g/mol. The standard InChI is InChI=1S/C8H10N2O2/c9-7-3-1-6(2-4-7)8(5-11)10-12/h1-5,8,10,12H,9H2. The molecule has 4 heteroatoms. The number of carbonyl (C=O) groups is 1. The van der Waals surface area contributed by atoms with Crippen molar-refractivity contribution < 1.29 is 10.0 Å². The molecule has 12 heavy (non-hydrogen) atoms. The van der Waals surface area contributed by atoms with E-state index in [0.29, 0.717) is 17.5 Å². The van der Waals surface area contributed by atoms with Crippen molar-refractivity contribution in [1.29, 1.82) is 0 Å². The molecule has 0 aromatic heterocycles. The van der Waals surface area contributed by atoms with E-state index in [4.69, 9.17) is 10.9 Å². The number of hydrogen-bond donors (Lipinski definition) is 3. The Hall–Kier alpha value is -1.39. The minimum absolute atomic E-state index is 0.617. The average molecular weight is 166 g/mol. The van der Waals surface area contributed by atoms with Crippen molar-refractivity contribution in [2.45, 2.75) is 6.04 Å². The van der Waals surface area contributed by atoms with Crippen LogP contribution in [-0.4, -0.2) is 11.5 Å². The van der Waals surface area contributed by atoms with Crippen molar-refractivity contribution in [2.24, 2.45) is 0 Å². The second-order valence-electron chi connectivity index (χ2n) is 2.41. The van der Waals surface area contributed by atoms with Crippen molar-refractivity contribution in [3.63, 3.8) is 0 Å². The van der Waals surface area contributed by atoms with Gasteiger partial charge >= 0.3 is 0 Å². The van der Waals surface area contributed by atoms with Gasteiger partial charge in [-0.3, -0.25) is 0 Å². The predicted molar refractivity (Wildman–Crippen MR) is 44.6 cm³/mol. The first-order valence-corrected chi connectivity index (χ1v) is 3.48. The number of carbonyl (C=O) groups excluding carboxylic acids is 1. The zero-order valence-electron chi connectivity index (χ0n) is 6.40. The Morgan fingerprint density at radius 3 is 2.42 bits per heavy atom. The van der Waals surface area contributed by atoms with Crippen LogP contribution in [0.3, 0.4) is 0 Å². The first kappa shape index (κ1) is 8.70. The molecule has 4 nitrogen and oxygen atoms in total. The molecule has 0 bridgehead atoms. The lowest BCUT2D eigenvalue weighted by Crippen LogP contribution is -2.17. The molecule has 0 amide bonds. The number of nitrogens with one attached hydrogen (secondary N) is 1. The Morgan fingerprint density at radius 2 is 2.00 bits per heavy atom. The van der Waals surface area contributed by atoms with E-state index < -0.39 is 6.04 Å². The normalized spacial score (nSPS) is 12.4. The second kappa shape index (κ2) is 3.85. The summed E-state index contributed by atoms with van der Waals surface area (Å²) in [5, 5.41) is 8.54. The van der Waals surface area contributed by atoms with Crippen molar-refractivity contribution in [1.82, 2.24) is 5.48 Å². The minimum Gasteiger partial charge on any atom is -0.399 e. The average Bonchev–Trinajstić information content (AvgIpc) is 2.10. The van der Waals surface area contributed by atoms with Crippen molar-refractivity contribution in [3.05, 3.63) is 29.8 Å². The number of nitrogens with two attached hydrogens (primary N) is 1. The summed E-state index contributed by atoms with van der Waals surface area (Å²) in [5.41, 5.74) is 8.63. The van der Waals surface area contributed by atoms with E-state index in [-0.39, 0.29) is 0 Å². The molecule has 1 aromatic rings. The van der Waals surface area contributed by atoms with Gasteiger partial charge < -0.3 is 15.7 Å². The van der Waals surface area contributed by atoms with Gasteiger partial charge in [0.15, 0.2) is 0 Å². The summed E-state index contributed by atoms with van der Waals surface area (Å²) in [5.74, 6) is 0. The minimum atomic E-state index is -0.675. The molecule has 0 aliphatic heterocycles. The Morgan fingerprint density at radius 1 is 1.42 bits per heavy atom. The number of benzene rings is 1. The quantitative estimate of drug-likeness (QED) is 0.347. The first-order valence-electron chi connectivity index (χ1n) is 3.48. The lowest BCUT2D eigenvalue weighted by molar-refractivity contribution is -0.111. The maximum atomic E-state index is 10.4.